The molecule has 6 nitrogen and oxygen atoms in total. The lowest BCUT2D eigenvalue weighted by atomic mass is 9.94. The molecule has 1 aliphatic heterocycles. The van der Waals surface area contributed by atoms with Crippen LogP contribution in [-0.4, -0.2) is 27.5 Å². The van der Waals surface area contributed by atoms with Gasteiger partial charge >= 0.3 is 5.97 Å². The Balaban J connectivity index is 1.88. The predicted octanol–water partition coefficient (Wildman–Crippen LogP) is 4.71. The fourth-order valence-electron chi connectivity index (χ4n) is 3.55. The van der Waals surface area contributed by atoms with Gasteiger partial charge in [0, 0.05) is 28.0 Å². The van der Waals surface area contributed by atoms with Gasteiger partial charge in [0.1, 0.15) is 6.61 Å². The zero-order valence-electron chi connectivity index (χ0n) is 17.3. The summed E-state index contributed by atoms with van der Waals surface area (Å²) in [4.78, 5) is 12.9. The van der Waals surface area contributed by atoms with Crippen LogP contribution >= 0.6 is 23.8 Å². The van der Waals surface area contributed by atoms with Crippen molar-refractivity contribution >= 4 is 34.9 Å². The van der Waals surface area contributed by atoms with Crippen LogP contribution in [0.5, 0.6) is 0 Å². The molecule has 2 aromatic carbocycles. The maximum absolute atomic E-state index is 12.9. The molecule has 8 heteroatoms. The second-order valence-corrected chi connectivity index (χ2v) is 8.02. The smallest absolute Gasteiger partial charge is 0.338 e. The lowest BCUT2D eigenvalue weighted by Crippen LogP contribution is -2.45. The van der Waals surface area contributed by atoms with Crippen molar-refractivity contribution in [1.82, 2.24) is 20.4 Å². The van der Waals surface area contributed by atoms with Crippen LogP contribution in [0.2, 0.25) is 5.02 Å². The van der Waals surface area contributed by atoms with Gasteiger partial charge in [-0.2, -0.15) is 5.10 Å². The highest BCUT2D eigenvalue weighted by Crippen LogP contribution is 2.35. The van der Waals surface area contributed by atoms with Crippen LogP contribution in [0.3, 0.4) is 0 Å². The van der Waals surface area contributed by atoms with E-state index in [4.69, 9.17) is 33.7 Å². The molecule has 0 saturated carbocycles. The second-order valence-electron chi connectivity index (χ2n) is 7.18. The first-order chi connectivity index (χ1) is 15.5. The van der Waals surface area contributed by atoms with Gasteiger partial charge in [-0.3, -0.25) is 0 Å². The van der Waals surface area contributed by atoms with Crippen LogP contribution in [0.25, 0.3) is 16.9 Å². The average molecular weight is 465 g/mol. The molecule has 0 saturated heterocycles. The number of carbonyl (C=O) groups excluding carboxylic acids is 1. The maximum atomic E-state index is 12.9. The molecular weight excluding hydrogens is 444 g/mol. The summed E-state index contributed by atoms with van der Waals surface area (Å²) in [7, 11) is 0. The van der Waals surface area contributed by atoms with Crippen LogP contribution in [0.1, 0.15) is 18.5 Å². The molecule has 0 bridgehead atoms. The summed E-state index contributed by atoms with van der Waals surface area (Å²) in [6, 6.07) is 16.6. The van der Waals surface area contributed by atoms with Crippen molar-refractivity contribution in [3.05, 3.63) is 95.3 Å². The van der Waals surface area contributed by atoms with E-state index in [1.165, 1.54) is 6.08 Å². The maximum Gasteiger partial charge on any atom is 0.338 e. The largest absolute Gasteiger partial charge is 0.458 e. The number of nitrogens with one attached hydrogen (secondary N) is 2. The normalized spacial score (nSPS) is 15.7. The first-order valence-electron chi connectivity index (χ1n) is 9.95. The third-order valence-electron chi connectivity index (χ3n) is 5.01. The van der Waals surface area contributed by atoms with Crippen molar-refractivity contribution in [2.45, 2.75) is 13.0 Å². The Bertz CT molecular complexity index is 1200. The zero-order chi connectivity index (χ0) is 22.7. The molecule has 2 N–H and O–H groups in total. The summed E-state index contributed by atoms with van der Waals surface area (Å²) in [5.41, 5.74) is 4.30. The number of benzene rings is 2. The number of ether oxygens (including phenoxy) is 1. The Morgan fingerprint density at radius 1 is 1.25 bits per heavy atom. The first-order valence-corrected chi connectivity index (χ1v) is 10.7. The number of aromatic nitrogens is 2. The Morgan fingerprint density at radius 2 is 1.97 bits per heavy atom. The van der Waals surface area contributed by atoms with Crippen molar-refractivity contribution < 1.29 is 9.53 Å². The number of thiocarbonyl (C=S) groups is 1. The number of rotatable bonds is 6. The highest BCUT2D eigenvalue weighted by Gasteiger charge is 2.34. The van der Waals surface area contributed by atoms with E-state index >= 15 is 0 Å². The standard InChI is InChI=1S/C24H21ClN4O2S/c1-3-13-31-23(30)20-15(2)26-24(32)27-22(20)19-14-29(18-7-5-4-6-8-18)28-21(19)16-9-11-17(25)12-10-16/h3-12,14,22H,1,13H2,2H3,(H2,26,27,32)/t22-/m0/s1. The topological polar surface area (TPSA) is 68.2 Å². The molecule has 0 spiro atoms. The number of carbonyl (C=O) groups is 1. The Kier molecular flexibility index (Phi) is 6.39. The molecule has 1 aromatic heterocycles. The Morgan fingerprint density at radius 3 is 2.66 bits per heavy atom. The minimum atomic E-state index is -0.552. The molecular formula is C24H21ClN4O2S. The molecule has 1 aliphatic rings. The molecule has 0 radical (unpaired) electrons. The van der Waals surface area contributed by atoms with E-state index in [0.29, 0.717) is 27.1 Å². The number of nitrogens with zero attached hydrogens (tertiary/aromatic N) is 2. The van der Waals surface area contributed by atoms with Gasteiger partial charge in [0.05, 0.1) is 23.0 Å². The molecule has 0 aliphatic carbocycles. The molecule has 1 atom stereocenters. The fraction of sp³-hybridized carbons (Fsp3) is 0.125. The van der Waals surface area contributed by atoms with Gasteiger partial charge in [0.15, 0.2) is 5.11 Å². The average Bonchev–Trinajstić information content (AvgIpc) is 3.23. The molecule has 32 heavy (non-hydrogen) atoms. The van der Waals surface area contributed by atoms with E-state index in [9.17, 15) is 4.79 Å². The number of allylic oxidation sites excluding steroid dienone is 1. The molecule has 2 heterocycles. The van der Waals surface area contributed by atoms with Crippen molar-refractivity contribution in [3.8, 4) is 16.9 Å². The molecule has 0 unspecified atom stereocenters. The molecule has 162 valence electrons. The van der Waals surface area contributed by atoms with Crippen LogP contribution in [0.4, 0.5) is 0 Å². The summed E-state index contributed by atoms with van der Waals surface area (Å²) in [6.07, 6.45) is 3.43. The second kappa shape index (κ2) is 9.38. The van der Waals surface area contributed by atoms with Gasteiger partial charge in [-0.1, -0.05) is 54.6 Å². The minimum absolute atomic E-state index is 0.111. The van der Waals surface area contributed by atoms with E-state index in [-0.39, 0.29) is 6.61 Å². The highest BCUT2D eigenvalue weighted by atomic mass is 35.5. The number of esters is 1. The summed E-state index contributed by atoms with van der Waals surface area (Å²) in [5.74, 6) is -0.454. The van der Waals surface area contributed by atoms with Gasteiger partial charge in [0.2, 0.25) is 0 Å². The zero-order valence-corrected chi connectivity index (χ0v) is 18.9. The van der Waals surface area contributed by atoms with E-state index < -0.39 is 12.0 Å². The molecule has 4 rings (SSSR count). The van der Waals surface area contributed by atoms with Gasteiger partial charge in [0.25, 0.3) is 0 Å². The quantitative estimate of drug-likeness (QED) is 0.313. The highest BCUT2D eigenvalue weighted by molar-refractivity contribution is 7.80. The van der Waals surface area contributed by atoms with Crippen LogP contribution in [0, 0.1) is 0 Å². The van der Waals surface area contributed by atoms with E-state index in [1.54, 1.807) is 11.6 Å². The fourth-order valence-corrected chi connectivity index (χ4v) is 3.95. The number of halogens is 1. The molecule has 0 fully saturated rings. The van der Waals surface area contributed by atoms with E-state index in [0.717, 1.165) is 16.8 Å². The summed E-state index contributed by atoms with van der Waals surface area (Å²) >= 11 is 11.5. The predicted molar refractivity (Wildman–Crippen MR) is 129 cm³/mol. The van der Waals surface area contributed by atoms with Gasteiger partial charge in [-0.05, 0) is 43.4 Å². The van der Waals surface area contributed by atoms with Crippen LogP contribution in [0.15, 0.2) is 84.7 Å². The van der Waals surface area contributed by atoms with E-state index in [2.05, 4.69) is 17.2 Å². The minimum Gasteiger partial charge on any atom is -0.458 e. The number of hydrogen-bond acceptors (Lipinski definition) is 4. The van der Waals surface area contributed by atoms with Gasteiger partial charge in [-0.25, -0.2) is 9.48 Å². The lowest BCUT2D eigenvalue weighted by Gasteiger charge is -2.29. The summed E-state index contributed by atoms with van der Waals surface area (Å²) in [5, 5.41) is 12.1. The molecule has 0 amide bonds. The van der Waals surface area contributed by atoms with Crippen molar-refractivity contribution in [3.63, 3.8) is 0 Å². The Labute approximate surface area is 196 Å². The van der Waals surface area contributed by atoms with Crippen LogP contribution < -0.4 is 10.6 Å². The van der Waals surface area contributed by atoms with E-state index in [1.807, 2.05) is 60.8 Å². The lowest BCUT2D eigenvalue weighted by molar-refractivity contribution is -0.138. The van der Waals surface area contributed by atoms with Crippen molar-refractivity contribution in [2.24, 2.45) is 0 Å². The summed E-state index contributed by atoms with van der Waals surface area (Å²) < 4.78 is 7.14. The SMILES string of the molecule is C=CCOC(=O)C1=C(C)NC(=S)N[C@H]1c1cn(-c2ccccc2)nc1-c1ccc(Cl)cc1. The van der Waals surface area contributed by atoms with Gasteiger partial charge < -0.3 is 15.4 Å². The van der Waals surface area contributed by atoms with Crippen LogP contribution in [-0.2, 0) is 9.53 Å². The van der Waals surface area contributed by atoms with Crippen molar-refractivity contribution in [1.29, 1.82) is 0 Å². The molecule has 3 aromatic rings. The summed E-state index contributed by atoms with van der Waals surface area (Å²) in [6.45, 7) is 5.53. The first kappa shape index (κ1) is 21.8. The number of para-hydroxylation sites is 1. The Hall–Kier alpha value is -3.42. The third kappa shape index (κ3) is 4.44. The third-order valence-corrected chi connectivity index (χ3v) is 5.49. The number of hydrogen-bond donors (Lipinski definition) is 2. The van der Waals surface area contributed by atoms with Gasteiger partial charge in [-0.15, -0.1) is 0 Å². The monoisotopic (exact) mass is 464 g/mol. The van der Waals surface area contributed by atoms with Crippen molar-refractivity contribution in [2.75, 3.05) is 6.61 Å².